The van der Waals surface area contributed by atoms with Crippen molar-refractivity contribution in [2.75, 3.05) is 4.72 Å². The van der Waals surface area contributed by atoms with Gasteiger partial charge in [0.15, 0.2) is 0 Å². The van der Waals surface area contributed by atoms with Crippen LogP contribution >= 0.6 is 38.9 Å². The summed E-state index contributed by atoms with van der Waals surface area (Å²) in [4.78, 5) is 0. The molecule has 4 nitrogen and oxygen atoms in total. The van der Waals surface area contributed by atoms with Crippen LogP contribution in [0.2, 0.25) is 5.02 Å². The number of hydrogen-bond donors (Lipinski definition) is 2. The number of anilines is 1. The average molecular weight is 397 g/mol. The molecule has 8 heteroatoms. The fourth-order valence-electron chi connectivity index (χ4n) is 1.69. The van der Waals surface area contributed by atoms with Gasteiger partial charge in [0.25, 0.3) is 10.0 Å². The van der Waals surface area contributed by atoms with Gasteiger partial charge in [-0.2, -0.15) is 0 Å². The van der Waals surface area contributed by atoms with Gasteiger partial charge < -0.3 is 5.11 Å². The minimum absolute atomic E-state index is 0.0768. The third kappa shape index (κ3) is 3.11. The van der Waals surface area contributed by atoms with Crippen molar-refractivity contribution in [1.29, 1.82) is 0 Å². The molecular formula is C12H11BrClNO3S2. The third-order valence-electron chi connectivity index (χ3n) is 2.58. The van der Waals surface area contributed by atoms with Gasteiger partial charge in [-0.05, 0) is 53.0 Å². The number of nitrogens with one attached hydrogen (secondary N) is 1. The second-order valence-electron chi connectivity index (χ2n) is 4.27. The molecule has 0 amide bonds. The number of aromatic hydroxyl groups is 1. The summed E-state index contributed by atoms with van der Waals surface area (Å²) in [7, 11) is -3.78. The summed E-state index contributed by atoms with van der Waals surface area (Å²) in [6.45, 7) is 3.53. The normalized spacial score (nSPS) is 11.6. The smallest absolute Gasteiger partial charge is 0.271 e. The SMILES string of the molecule is Cc1cc(C)c(O)c(NS(=O)(=O)c2cc(Cl)c(Br)s2)c1. The van der Waals surface area contributed by atoms with Crippen LogP contribution in [-0.2, 0) is 10.0 Å². The lowest BCUT2D eigenvalue weighted by Crippen LogP contribution is -2.12. The molecule has 0 radical (unpaired) electrons. The molecule has 20 heavy (non-hydrogen) atoms. The highest BCUT2D eigenvalue weighted by Gasteiger charge is 2.21. The second-order valence-corrected chi connectivity index (χ2v) is 8.96. The Morgan fingerprint density at radius 1 is 1.30 bits per heavy atom. The Bertz CT molecular complexity index is 752. The van der Waals surface area contributed by atoms with Crippen LogP contribution < -0.4 is 4.72 Å². The highest BCUT2D eigenvalue weighted by molar-refractivity contribution is 9.11. The minimum atomic E-state index is -3.78. The molecule has 1 aromatic heterocycles. The molecule has 2 N–H and O–H groups in total. The predicted molar refractivity (Wildman–Crippen MR) is 85.4 cm³/mol. The van der Waals surface area contributed by atoms with Gasteiger partial charge in [0.1, 0.15) is 9.96 Å². The van der Waals surface area contributed by atoms with Crippen LogP contribution in [0.15, 0.2) is 26.2 Å². The summed E-state index contributed by atoms with van der Waals surface area (Å²) in [6.07, 6.45) is 0. The van der Waals surface area contributed by atoms with E-state index in [1.165, 1.54) is 6.07 Å². The van der Waals surface area contributed by atoms with Crippen LogP contribution in [0.1, 0.15) is 11.1 Å². The van der Waals surface area contributed by atoms with Crippen LogP contribution in [0.4, 0.5) is 5.69 Å². The maximum atomic E-state index is 12.3. The van der Waals surface area contributed by atoms with Gasteiger partial charge in [0, 0.05) is 0 Å². The van der Waals surface area contributed by atoms with Crippen molar-refractivity contribution in [3.8, 4) is 5.75 Å². The summed E-state index contributed by atoms with van der Waals surface area (Å²) in [5, 5.41) is 10.3. The highest BCUT2D eigenvalue weighted by atomic mass is 79.9. The second kappa shape index (κ2) is 5.55. The molecule has 2 rings (SSSR count). The molecule has 1 aromatic carbocycles. The Labute approximate surface area is 134 Å². The number of rotatable bonds is 3. The lowest BCUT2D eigenvalue weighted by Gasteiger charge is -2.11. The van der Waals surface area contributed by atoms with Crippen molar-refractivity contribution in [3.63, 3.8) is 0 Å². The zero-order valence-corrected chi connectivity index (χ0v) is 14.5. The van der Waals surface area contributed by atoms with E-state index in [9.17, 15) is 13.5 Å². The topological polar surface area (TPSA) is 66.4 Å². The monoisotopic (exact) mass is 395 g/mol. The van der Waals surface area contributed by atoms with E-state index in [1.807, 2.05) is 6.92 Å². The molecule has 0 saturated heterocycles. The molecule has 1 heterocycles. The van der Waals surface area contributed by atoms with E-state index in [-0.39, 0.29) is 15.6 Å². The van der Waals surface area contributed by atoms with E-state index >= 15 is 0 Å². The van der Waals surface area contributed by atoms with Crippen LogP contribution in [0.3, 0.4) is 0 Å². The molecule has 0 aliphatic carbocycles. The maximum absolute atomic E-state index is 12.3. The standard InChI is InChI=1S/C12H11BrClNO3S2/c1-6-3-7(2)11(16)9(4-6)15-20(17,18)10-5-8(14)12(13)19-10/h3-5,15-16H,1-2H3. The molecular weight excluding hydrogens is 386 g/mol. The average Bonchev–Trinajstić information content (AvgIpc) is 2.66. The van der Waals surface area contributed by atoms with Crippen molar-refractivity contribution in [2.24, 2.45) is 0 Å². The van der Waals surface area contributed by atoms with E-state index in [2.05, 4.69) is 20.7 Å². The number of aryl methyl sites for hydroxylation is 2. The third-order valence-corrected chi connectivity index (χ3v) is 6.89. The van der Waals surface area contributed by atoms with E-state index in [0.29, 0.717) is 14.4 Å². The van der Waals surface area contributed by atoms with Crippen LogP contribution in [0.25, 0.3) is 0 Å². The Hall–Kier alpha value is -0.760. The first-order chi connectivity index (χ1) is 9.20. The van der Waals surface area contributed by atoms with Gasteiger partial charge >= 0.3 is 0 Å². The largest absolute Gasteiger partial charge is 0.505 e. The number of thiophene rings is 1. The van der Waals surface area contributed by atoms with Crippen molar-refractivity contribution < 1.29 is 13.5 Å². The van der Waals surface area contributed by atoms with Gasteiger partial charge in [0.2, 0.25) is 0 Å². The van der Waals surface area contributed by atoms with Gasteiger partial charge in [-0.3, -0.25) is 4.72 Å². The molecule has 0 bridgehead atoms. The fourth-order valence-corrected chi connectivity index (χ4v) is 5.15. The zero-order valence-electron chi connectivity index (χ0n) is 10.6. The molecule has 0 unspecified atom stereocenters. The van der Waals surface area contributed by atoms with Gasteiger partial charge in [-0.1, -0.05) is 17.7 Å². The van der Waals surface area contributed by atoms with Crippen molar-refractivity contribution in [3.05, 3.63) is 38.1 Å². The molecule has 0 aliphatic heterocycles. The van der Waals surface area contributed by atoms with E-state index in [4.69, 9.17) is 11.6 Å². The van der Waals surface area contributed by atoms with Crippen molar-refractivity contribution in [2.45, 2.75) is 18.1 Å². The lowest BCUT2D eigenvalue weighted by atomic mass is 10.1. The summed E-state index contributed by atoms with van der Waals surface area (Å²) >= 11 is 10.0. The number of phenols is 1. The first-order valence-electron chi connectivity index (χ1n) is 5.48. The first-order valence-corrected chi connectivity index (χ1v) is 8.95. The van der Waals surface area contributed by atoms with E-state index in [0.717, 1.165) is 16.9 Å². The van der Waals surface area contributed by atoms with Crippen LogP contribution in [0, 0.1) is 13.8 Å². The summed E-state index contributed by atoms with van der Waals surface area (Å²) in [5.41, 5.74) is 1.61. The molecule has 108 valence electrons. The van der Waals surface area contributed by atoms with Crippen LogP contribution in [-0.4, -0.2) is 13.5 Å². The summed E-state index contributed by atoms with van der Waals surface area (Å²) < 4.78 is 27.5. The summed E-state index contributed by atoms with van der Waals surface area (Å²) in [6, 6.07) is 4.70. The Morgan fingerprint density at radius 3 is 2.50 bits per heavy atom. The molecule has 0 fully saturated rings. The van der Waals surface area contributed by atoms with Gasteiger partial charge in [-0.25, -0.2) is 8.42 Å². The fraction of sp³-hybridized carbons (Fsp3) is 0.167. The Kier molecular flexibility index (Phi) is 4.34. The number of benzene rings is 1. The number of halogens is 2. The van der Waals surface area contributed by atoms with E-state index in [1.54, 1.807) is 19.1 Å². The molecule has 0 spiro atoms. The maximum Gasteiger partial charge on any atom is 0.271 e. The molecule has 0 aliphatic rings. The molecule has 2 aromatic rings. The zero-order chi connectivity index (χ0) is 15.1. The summed E-state index contributed by atoms with van der Waals surface area (Å²) in [5.74, 6) is -0.0825. The number of hydrogen-bond acceptors (Lipinski definition) is 4. The molecule has 0 atom stereocenters. The quantitative estimate of drug-likeness (QED) is 0.761. The number of sulfonamides is 1. The van der Waals surface area contributed by atoms with Gasteiger partial charge in [-0.15, -0.1) is 11.3 Å². The van der Waals surface area contributed by atoms with Gasteiger partial charge in [0.05, 0.1) is 14.5 Å². The lowest BCUT2D eigenvalue weighted by molar-refractivity contribution is 0.473. The van der Waals surface area contributed by atoms with Crippen LogP contribution in [0.5, 0.6) is 5.75 Å². The predicted octanol–water partition coefficient (Wildman–Crippen LogP) is 4.29. The minimum Gasteiger partial charge on any atom is -0.505 e. The highest BCUT2D eigenvalue weighted by Crippen LogP contribution is 2.37. The van der Waals surface area contributed by atoms with E-state index < -0.39 is 10.0 Å². The van der Waals surface area contributed by atoms with Crippen molar-refractivity contribution >= 4 is 54.6 Å². The first kappa shape index (κ1) is 15.6. The van der Waals surface area contributed by atoms with Crippen molar-refractivity contribution in [1.82, 2.24) is 0 Å². The Balaban J connectivity index is 2.43. The molecule has 0 saturated carbocycles. The number of phenolic OH excluding ortho intramolecular Hbond substituents is 1. The Morgan fingerprint density at radius 2 is 1.95 bits per heavy atom.